The van der Waals surface area contributed by atoms with Gasteiger partial charge >= 0.3 is 0 Å². The van der Waals surface area contributed by atoms with Crippen LogP contribution in [0.15, 0.2) is 29.2 Å². The summed E-state index contributed by atoms with van der Waals surface area (Å²) in [5.41, 5.74) is 0.555. The quantitative estimate of drug-likeness (QED) is 0.406. The number of likely N-dealkylation sites (tertiary alicyclic amines) is 1. The highest BCUT2D eigenvalue weighted by Gasteiger charge is 2.26. The maximum Gasteiger partial charge on any atom is 0.243 e. The lowest BCUT2D eigenvalue weighted by Crippen LogP contribution is -2.43. The Morgan fingerprint density at radius 1 is 1.12 bits per heavy atom. The summed E-state index contributed by atoms with van der Waals surface area (Å²) < 4.78 is 32.0. The van der Waals surface area contributed by atoms with Crippen LogP contribution in [0.1, 0.15) is 47.0 Å². The summed E-state index contributed by atoms with van der Waals surface area (Å²) >= 11 is 0. The van der Waals surface area contributed by atoms with E-state index in [1.54, 1.807) is 26.0 Å². The van der Waals surface area contributed by atoms with Gasteiger partial charge in [0.2, 0.25) is 21.8 Å². The molecule has 1 aliphatic heterocycles. The van der Waals surface area contributed by atoms with Gasteiger partial charge in [-0.05, 0) is 70.5 Å². The SMILES string of the molecule is CCN(CC)S(=O)(=O)c1ccc(NC(=O)CN2CCC(C(=O)NCCCOC(C)C)CC2)cc1. The number of rotatable bonds is 13. The second-order valence-electron chi connectivity index (χ2n) is 8.78. The lowest BCUT2D eigenvalue weighted by atomic mass is 9.96. The summed E-state index contributed by atoms with van der Waals surface area (Å²) in [5.74, 6) is -0.105. The Balaban J connectivity index is 1.74. The molecule has 0 spiro atoms. The minimum absolute atomic E-state index is 0.0226. The summed E-state index contributed by atoms with van der Waals surface area (Å²) in [6.07, 6.45) is 2.44. The van der Waals surface area contributed by atoms with Crippen LogP contribution in [0.2, 0.25) is 0 Å². The van der Waals surface area contributed by atoms with Crippen LogP contribution in [0.5, 0.6) is 0 Å². The monoisotopic (exact) mass is 496 g/mol. The molecule has 0 unspecified atom stereocenters. The molecule has 10 heteroatoms. The van der Waals surface area contributed by atoms with Crippen LogP contribution >= 0.6 is 0 Å². The first kappa shape index (κ1) is 28.2. The largest absolute Gasteiger partial charge is 0.379 e. The molecule has 1 aromatic carbocycles. The van der Waals surface area contributed by atoms with Gasteiger partial charge in [0.05, 0.1) is 17.5 Å². The predicted molar refractivity (Wildman–Crippen MR) is 133 cm³/mol. The third-order valence-corrected chi connectivity index (χ3v) is 7.94. The fourth-order valence-corrected chi connectivity index (χ4v) is 5.38. The minimum atomic E-state index is -3.52. The second kappa shape index (κ2) is 13.8. The predicted octanol–water partition coefficient (Wildman–Crippen LogP) is 2.30. The number of sulfonamides is 1. The Hall–Kier alpha value is -2.01. The number of carbonyl (C=O) groups excluding carboxylic acids is 2. The minimum Gasteiger partial charge on any atom is -0.379 e. The van der Waals surface area contributed by atoms with Gasteiger partial charge in [-0.2, -0.15) is 4.31 Å². The van der Waals surface area contributed by atoms with E-state index >= 15 is 0 Å². The van der Waals surface area contributed by atoms with Crippen LogP contribution in [0.3, 0.4) is 0 Å². The number of hydrogen-bond acceptors (Lipinski definition) is 6. The van der Waals surface area contributed by atoms with E-state index in [1.165, 1.54) is 16.4 Å². The number of nitrogens with zero attached hydrogens (tertiary/aromatic N) is 2. The van der Waals surface area contributed by atoms with Crippen LogP contribution in [0, 0.1) is 5.92 Å². The van der Waals surface area contributed by atoms with Crippen LogP contribution in [-0.4, -0.2) is 81.4 Å². The molecular formula is C24H40N4O5S. The Morgan fingerprint density at radius 2 is 1.74 bits per heavy atom. The maximum absolute atomic E-state index is 12.6. The Bertz CT molecular complexity index is 877. The average molecular weight is 497 g/mol. The lowest BCUT2D eigenvalue weighted by molar-refractivity contribution is -0.126. The number of anilines is 1. The summed E-state index contributed by atoms with van der Waals surface area (Å²) in [6, 6.07) is 6.25. The number of piperidine rings is 1. The second-order valence-corrected chi connectivity index (χ2v) is 10.7. The Labute approximate surface area is 204 Å². The van der Waals surface area contributed by atoms with Crippen molar-refractivity contribution in [1.29, 1.82) is 0 Å². The van der Waals surface area contributed by atoms with E-state index in [2.05, 4.69) is 10.6 Å². The smallest absolute Gasteiger partial charge is 0.243 e. The lowest BCUT2D eigenvalue weighted by Gasteiger charge is -2.30. The van der Waals surface area contributed by atoms with E-state index in [1.807, 2.05) is 18.7 Å². The molecule has 0 aliphatic carbocycles. The molecule has 9 nitrogen and oxygen atoms in total. The van der Waals surface area contributed by atoms with Gasteiger partial charge < -0.3 is 15.4 Å². The number of hydrogen-bond donors (Lipinski definition) is 2. The number of benzene rings is 1. The van der Waals surface area contributed by atoms with E-state index in [-0.39, 0.29) is 35.3 Å². The van der Waals surface area contributed by atoms with E-state index < -0.39 is 10.0 Å². The number of carbonyl (C=O) groups is 2. The average Bonchev–Trinajstić information content (AvgIpc) is 2.80. The fraction of sp³-hybridized carbons (Fsp3) is 0.667. The highest BCUT2D eigenvalue weighted by molar-refractivity contribution is 7.89. The van der Waals surface area contributed by atoms with Gasteiger partial charge in [0.25, 0.3) is 0 Å². The molecule has 0 radical (unpaired) electrons. The number of ether oxygens (including phenoxy) is 1. The van der Waals surface area contributed by atoms with Crippen molar-refractivity contribution in [2.75, 3.05) is 51.2 Å². The molecule has 0 saturated carbocycles. The number of amides is 2. The summed E-state index contributed by atoms with van der Waals surface area (Å²) in [4.78, 5) is 27.1. The third kappa shape index (κ3) is 8.65. The zero-order chi connectivity index (χ0) is 25.1. The van der Waals surface area contributed by atoms with Gasteiger partial charge in [-0.1, -0.05) is 13.8 Å². The van der Waals surface area contributed by atoms with Crippen molar-refractivity contribution in [3.63, 3.8) is 0 Å². The highest BCUT2D eigenvalue weighted by atomic mass is 32.2. The van der Waals surface area contributed by atoms with Gasteiger partial charge in [-0.25, -0.2) is 8.42 Å². The van der Waals surface area contributed by atoms with Crippen molar-refractivity contribution in [3.8, 4) is 0 Å². The van der Waals surface area contributed by atoms with Gasteiger partial charge in [0, 0.05) is 37.8 Å². The first-order valence-corrected chi connectivity index (χ1v) is 13.6. The summed E-state index contributed by atoms with van der Waals surface area (Å²) in [5, 5.41) is 5.81. The molecule has 0 aromatic heterocycles. The number of nitrogens with one attached hydrogen (secondary N) is 2. The molecule has 34 heavy (non-hydrogen) atoms. The molecule has 1 aliphatic rings. The molecule has 2 N–H and O–H groups in total. The summed E-state index contributed by atoms with van der Waals surface area (Å²) in [7, 11) is -3.52. The first-order valence-electron chi connectivity index (χ1n) is 12.2. The van der Waals surface area contributed by atoms with Crippen LogP contribution in [-0.2, 0) is 24.3 Å². The first-order chi connectivity index (χ1) is 16.2. The zero-order valence-corrected chi connectivity index (χ0v) is 21.7. The standard InChI is InChI=1S/C24H40N4O5S/c1-5-28(6-2)34(31,32)22-10-8-21(9-11-22)26-23(29)18-27-15-12-20(13-16-27)24(30)25-14-7-17-33-19(3)4/h8-11,19-20H,5-7,12-18H2,1-4H3,(H,25,30)(H,26,29). The van der Waals surface area contributed by atoms with Crippen LogP contribution in [0.25, 0.3) is 0 Å². The Kier molecular flexibility index (Phi) is 11.4. The van der Waals surface area contributed by atoms with Crippen molar-refractivity contribution in [2.24, 2.45) is 5.92 Å². The van der Waals surface area contributed by atoms with Gasteiger partial charge in [0.15, 0.2) is 0 Å². The summed E-state index contributed by atoms with van der Waals surface area (Å²) in [6.45, 7) is 11.2. The van der Waals surface area contributed by atoms with Crippen LogP contribution < -0.4 is 10.6 Å². The highest BCUT2D eigenvalue weighted by Crippen LogP contribution is 2.19. The normalized spacial score (nSPS) is 15.6. The maximum atomic E-state index is 12.6. The molecular weight excluding hydrogens is 456 g/mol. The van der Waals surface area contributed by atoms with E-state index in [4.69, 9.17) is 4.74 Å². The van der Waals surface area contributed by atoms with Gasteiger partial charge in [-0.3, -0.25) is 14.5 Å². The third-order valence-electron chi connectivity index (χ3n) is 5.88. The zero-order valence-electron chi connectivity index (χ0n) is 20.9. The van der Waals surface area contributed by atoms with E-state index in [0.717, 1.165) is 19.3 Å². The molecule has 1 saturated heterocycles. The van der Waals surface area contributed by atoms with Crippen molar-refractivity contribution in [2.45, 2.75) is 58.0 Å². The topological polar surface area (TPSA) is 108 Å². The Morgan fingerprint density at radius 3 is 2.29 bits per heavy atom. The molecule has 0 bridgehead atoms. The van der Waals surface area contributed by atoms with E-state index in [0.29, 0.717) is 45.0 Å². The van der Waals surface area contributed by atoms with Crippen molar-refractivity contribution < 1.29 is 22.7 Å². The van der Waals surface area contributed by atoms with Gasteiger partial charge in [0.1, 0.15) is 0 Å². The van der Waals surface area contributed by atoms with E-state index in [9.17, 15) is 18.0 Å². The molecule has 2 rings (SSSR count). The van der Waals surface area contributed by atoms with Gasteiger partial charge in [-0.15, -0.1) is 0 Å². The molecule has 1 fully saturated rings. The molecule has 0 atom stereocenters. The molecule has 1 heterocycles. The van der Waals surface area contributed by atoms with Crippen LogP contribution in [0.4, 0.5) is 5.69 Å². The van der Waals surface area contributed by atoms with Crippen molar-refractivity contribution >= 4 is 27.5 Å². The molecule has 1 aromatic rings. The van der Waals surface area contributed by atoms with Crippen molar-refractivity contribution in [1.82, 2.24) is 14.5 Å². The molecule has 2 amide bonds. The molecule has 192 valence electrons. The fourth-order valence-electron chi connectivity index (χ4n) is 3.93. The van der Waals surface area contributed by atoms with Crippen molar-refractivity contribution in [3.05, 3.63) is 24.3 Å².